The lowest BCUT2D eigenvalue weighted by atomic mass is 10.0. The van der Waals surface area contributed by atoms with Crippen molar-refractivity contribution in [3.63, 3.8) is 0 Å². The first kappa shape index (κ1) is 23.8. The van der Waals surface area contributed by atoms with Crippen LogP contribution in [0.3, 0.4) is 0 Å². The Hall–Kier alpha value is -1.49. The summed E-state index contributed by atoms with van der Waals surface area (Å²) in [6.45, 7) is 6.44. The zero-order chi connectivity index (χ0) is 20.3. The van der Waals surface area contributed by atoms with Crippen LogP contribution in [0.15, 0.2) is 53.4 Å². The molecule has 0 spiro atoms. The number of sulfonamides is 1. The highest BCUT2D eigenvalue weighted by Crippen LogP contribution is 2.22. The molecule has 0 amide bonds. The number of ether oxygens (including phenoxy) is 1. The predicted molar refractivity (Wildman–Crippen MR) is 124 cm³/mol. The maximum atomic E-state index is 12.9. The van der Waals surface area contributed by atoms with Crippen LogP contribution in [0.2, 0.25) is 0 Å². The number of hydrogen-bond acceptors (Lipinski definition) is 5. The molecule has 0 radical (unpaired) electrons. The molecule has 2 aromatic carbocycles. The molecule has 0 aliphatic carbocycles. The Kier molecular flexibility index (Phi) is 8.21. The molecular formula is C21H27IN2O4S. The van der Waals surface area contributed by atoms with Crippen LogP contribution in [-0.4, -0.2) is 56.8 Å². The smallest absolute Gasteiger partial charge is 0.343 e. The molecule has 8 heteroatoms. The number of carbonyl (C=O) groups is 1. The average molecular weight is 530 g/mol. The van der Waals surface area contributed by atoms with E-state index in [1.165, 1.54) is 16.4 Å². The van der Waals surface area contributed by atoms with Crippen LogP contribution in [0.4, 0.5) is 0 Å². The van der Waals surface area contributed by atoms with Crippen molar-refractivity contribution >= 4 is 40.0 Å². The third kappa shape index (κ3) is 5.78. The van der Waals surface area contributed by atoms with Crippen LogP contribution < -0.4 is 4.74 Å². The van der Waals surface area contributed by atoms with Gasteiger partial charge in [0.25, 0.3) is 0 Å². The van der Waals surface area contributed by atoms with E-state index in [2.05, 4.69) is 18.7 Å². The molecule has 6 nitrogen and oxygen atoms in total. The van der Waals surface area contributed by atoms with Crippen molar-refractivity contribution in [2.24, 2.45) is 0 Å². The van der Waals surface area contributed by atoms with Gasteiger partial charge < -0.3 is 9.64 Å². The normalized spacial score (nSPS) is 15.7. The van der Waals surface area contributed by atoms with Gasteiger partial charge in [-0.05, 0) is 48.9 Å². The Morgan fingerprint density at radius 2 is 1.62 bits per heavy atom. The van der Waals surface area contributed by atoms with Gasteiger partial charge in [0.15, 0.2) is 0 Å². The lowest BCUT2D eigenvalue weighted by Gasteiger charge is -2.31. The number of esters is 1. The molecule has 0 unspecified atom stereocenters. The minimum Gasteiger partial charge on any atom is -0.423 e. The van der Waals surface area contributed by atoms with E-state index in [1.807, 2.05) is 19.2 Å². The highest BCUT2D eigenvalue weighted by molar-refractivity contribution is 14.0. The second-order valence-electron chi connectivity index (χ2n) is 7.35. The lowest BCUT2D eigenvalue weighted by molar-refractivity contribution is 0.0734. The third-order valence-electron chi connectivity index (χ3n) is 4.93. The summed E-state index contributed by atoms with van der Waals surface area (Å²) in [6, 6.07) is 13.4. The zero-order valence-corrected chi connectivity index (χ0v) is 20.0. The van der Waals surface area contributed by atoms with Crippen LogP contribution in [0.5, 0.6) is 5.75 Å². The lowest BCUT2D eigenvalue weighted by Crippen LogP contribution is -2.47. The fourth-order valence-corrected chi connectivity index (χ4v) is 4.52. The van der Waals surface area contributed by atoms with Gasteiger partial charge in [-0.1, -0.05) is 32.0 Å². The molecule has 1 saturated heterocycles. The van der Waals surface area contributed by atoms with Gasteiger partial charge in [0.05, 0.1) is 10.5 Å². The molecule has 158 valence electrons. The number of carbonyl (C=O) groups excluding carboxylic acids is 1. The minimum atomic E-state index is -3.63. The van der Waals surface area contributed by atoms with E-state index >= 15 is 0 Å². The SMILES string of the molecule is CC(C)c1ccc(OC(=O)c2cccc(S(=O)(=O)N3CCN(C)CC3)c2)cc1.I. The number of likely N-dealkylation sites (N-methyl/N-ethyl adjacent to an activating group) is 1. The summed E-state index contributed by atoms with van der Waals surface area (Å²) in [6.07, 6.45) is 0. The number of hydrogen-bond donors (Lipinski definition) is 0. The quantitative estimate of drug-likeness (QED) is 0.336. The molecule has 2 aromatic rings. The van der Waals surface area contributed by atoms with Gasteiger partial charge >= 0.3 is 5.97 Å². The van der Waals surface area contributed by atoms with Crippen molar-refractivity contribution in [2.45, 2.75) is 24.7 Å². The summed E-state index contributed by atoms with van der Waals surface area (Å²) >= 11 is 0. The van der Waals surface area contributed by atoms with E-state index in [1.54, 1.807) is 24.3 Å². The summed E-state index contributed by atoms with van der Waals surface area (Å²) in [7, 11) is -1.66. The van der Waals surface area contributed by atoms with Gasteiger partial charge in [-0.3, -0.25) is 0 Å². The van der Waals surface area contributed by atoms with Gasteiger partial charge in [-0.15, -0.1) is 24.0 Å². The van der Waals surface area contributed by atoms with Gasteiger partial charge in [0, 0.05) is 26.2 Å². The first-order valence-electron chi connectivity index (χ1n) is 9.38. The summed E-state index contributed by atoms with van der Waals surface area (Å²) in [4.78, 5) is 14.7. The Balaban J connectivity index is 0.00000300. The van der Waals surface area contributed by atoms with Crippen molar-refractivity contribution in [1.82, 2.24) is 9.21 Å². The van der Waals surface area contributed by atoms with Gasteiger partial charge in [0.1, 0.15) is 5.75 Å². The van der Waals surface area contributed by atoms with E-state index < -0.39 is 16.0 Å². The zero-order valence-electron chi connectivity index (χ0n) is 16.9. The van der Waals surface area contributed by atoms with Crippen molar-refractivity contribution in [1.29, 1.82) is 0 Å². The van der Waals surface area contributed by atoms with Crippen LogP contribution in [0.1, 0.15) is 35.7 Å². The van der Waals surface area contributed by atoms with Crippen LogP contribution in [-0.2, 0) is 10.0 Å². The molecule has 1 heterocycles. The maximum Gasteiger partial charge on any atom is 0.343 e. The summed E-state index contributed by atoms with van der Waals surface area (Å²) in [5.74, 6) is 0.246. The Labute approximate surface area is 189 Å². The fourth-order valence-electron chi connectivity index (χ4n) is 3.05. The molecular weight excluding hydrogens is 503 g/mol. The van der Waals surface area contributed by atoms with Crippen LogP contribution in [0, 0.1) is 0 Å². The van der Waals surface area contributed by atoms with E-state index in [9.17, 15) is 13.2 Å². The summed E-state index contributed by atoms with van der Waals surface area (Å²) < 4.78 is 32.6. The number of piperazine rings is 1. The van der Waals surface area contributed by atoms with E-state index in [4.69, 9.17) is 4.74 Å². The molecule has 0 atom stereocenters. The van der Waals surface area contributed by atoms with Crippen LogP contribution >= 0.6 is 24.0 Å². The summed E-state index contributed by atoms with van der Waals surface area (Å²) in [5.41, 5.74) is 1.36. The van der Waals surface area contributed by atoms with E-state index in [-0.39, 0.29) is 34.4 Å². The number of rotatable bonds is 5. The average Bonchev–Trinajstić information content (AvgIpc) is 2.69. The fraction of sp³-hybridized carbons (Fsp3) is 0.381. The Morgan fingerprint density at radius 3 is 2.21 bits per heavy atom. The first-order chi connectivity index (χ1) is 13.3. The predicted octanol–water partition coefficient (Wildman–Crippen LogP) is 3.58. The monoisotopic (exact) mass is 530 g/mol. The van der Waals surface area contributed by atoms with Gasteiger partial charge in [-0.25, -0.2) is 13.2 Å². The minimum absolute atomic E-state index is 0. The molecule has 0 saturated carbocycles. The molecule has 29 heavy (non-hydrogen) atoms. The Bertz CT molecular complexity index is 937. The second kappa shape index (κ2) is 10.0. The molecule has 1 aliphatic rings. The van der Waals surface area contributed by atoms with Gasteiger partial charge in [-0.2, -0.15) is 4.31 Å². The first-order valence-corrected chi connectivity index (χ1v) is 10.8. The number of nitrogens with zero attached hydrogens (tertiary/aromatic N) is 2. The summed E-state index contributed by atoms with van der Waals surface area (Å²) in [5, 5.41) is 0. The molecule has 0 bridgehead atoms. The molecule has 3 rings (SSSR count). The van der Waals surface area contributed by atoms with Crippen molar-refractivity contribution < 1.29 is 17.9 Å². The van der Waals surface area contributed by atoms with E-state index in [0.717, 1.165) is 5.56 Å². The molecule has 1 aliphatic heterocycles. The number of halogens is 1. The highest BCUT2D eigenvalue weighted by atomic mass is 127. The standard InChI is InChI=1S/C21H26N2O4S.HI/c1-16(2)17-7-9-19(10-8-17)27-21(24)18-5-4-6-20(15-18)28(25,26)23-13-11-22(3)12-14-23;/h4-10,15-16H,11-14H2,1-3H3;1H. The topological polar surface area (TPSA) is 66.9 Å². The van der Waals surface area contributed by atoms with E-state index in [0.29, 0.717) is 37.8 Å². The highest BCUT2D eigenvalue weighted by Gasteiger charge is 2.28. The number of benzene rings is 2. The Morgan fingerprint density at radius 1 is 1.00 bits per heavy atom. The van der Waals surface area contributed by atoms with Gasteiger partial charge in [0.2, 0.25) is 10.0 Å². The largest absolute Gasteiger partial charge is 0.423 e. The third-order valence-corrected chi connectivity index (χ3v) is 6.82. The second-order valence-corrected chi connectivity index (χ2v) is 9.29. The van der Waals surface area contributed by atoms with Crippen molar-refractivity contribution in [2.75, 3.05) is 33.2 Å². The van der Waals surface area contributed by atoms with Crippen molar-refractivity contribution in [3.05, 3.63) is 59.7 Å². The molecule has 0 N–H and O–H groups in total. The maximum absolute atomic E-state index is 12.9. The van der Waals surface area contributed by atoms with Crippen LogP contribution in [0.25, 0.3) is 0 Å². The molecule has 0 aromatic heterocycles. The molecule has 1 fully saturated rings. The van der Waals surface area contributed by atoms with Crippen molar-refractivity contribution in [3.8, 4) is 5.75 Å².